The van der Waals surface area contributed by atoms with Crippen LogP contribution in [0.25, 0.3) is 11.3 Å². The third-order valence-electron chi connectivity index (χ3n) is 4.08. The Labute approximate surface area is 140 Å². The van der Waals surface area contributed by atoms with Crippen molar-refractivity contribution in [2.75, 3.05) is 26.2 Å². The predicted octanol–water partition coefficient (Wildman–Crippen LogP) is 3.05. The van der Waals surface area contributed by atoms with Crippen molar-refractivity contribution in [1.82, 2.24) is 14.8 Å². The van der Waals surface area contributed by atoms with Gasteiger partial charge in [-0.3, -0.25) is 9.69 Å². The molecular formula is C17H20ClN3O2. The van der Waals surface area contributed by atoms with Crippen molar-refractivity contribution in [3.8, 4) is 11.3 Å². The summed E-state index contributed by atoms with van der Waals surface area (Å²) in [5.74, 6) is 1.59. The van der Waals surface area contributed by atoms with E-state index in [1.54, 1.807) is 13.1 Å². The molecule has 0 unspecified atom stereocenters. The number of amides is 1. The van der Waals surface area contributed by atoms with Gasteiger partial charge < -0.3 is 9.32 Å². The average Bonchev–Trinajstić information content (AvgIpc) is 2.86. The van der Waals surface area contributed by atoms with Crippen molar-refractivity contribution in [3.05, 3.63) is 41.4 Å². The molecular weight excluding hydrogens is 314 g/mol. The van der Waals surface area contributed by atoms with Crippen LogP contribution in [0.3, 0.4) is 0 Å². The zero-order valence-electron chi connectivity index (χ0n) is 13.2. The Morgan fingerprint density at radius 3 is 2.74 bits per heavy atom. The van der Waals surface area contributed by atoms with E-state index in [1.165, 1.54) is 0 Å². The number of hydrogen-bond donors (Lipinski definition) is 0. The number of nitrogens with zero attached hydrogens (tertiary/aromatic N) is 3. The molecule has 1 aliphatic rings. The second kappa shape index (κ2) is 7.15. The second-order valence-electron chi connectivity index (χ2n) is 5.76. The van der Waals surface area contributed by atoms with Crippen LogP contribution >= 0.6 is 11.6 Å². The van der Waals surface area contributed by atoms with Gasteiger partial charge in [0.15, 0.2) is 5.76 Å². The van der Waals surface area contributed by atoms with E-state index in [1.807, 2.05) is 29.2 Å². The van der Waals surface area contributed by atoms with Gasteiger partial charge >= 0.3 is 0 Å². The van der Waals surface area contributed by atoms with Gasteiger partial charge in [0.25, 0.3) is 0 Å². The molecule has 0 saturated carbocycles. The molecule has 1 fully saturated rings. The Morgan fingerprint density at radius 2 is 2.00 bits per heavy atom. The monoisotopic (exact) mass is 333 g/mol. The summed E-state index contributed by atoms with van der Waals surface area (Å²) < 4.78 is 5.85. The van der Waals surface area contributed by atoms with E-state index in [0.717, 1.165) is 43.9 Å². The van der Waals surface area contributed by atoms with E-state index < -0.39 is 0 Å². The number of carbonyl (C=O) groups excluding carboxylic acids is 1. The maximum atomic E-state index is 11.5. The second-order valence-corrected chi connectivity index (χ2v) is 6.20. The van der Waals surface area contributed by atoms with Gasteiger partial charge in [-0.1, -0.05) is 11.6 Å². The fourth-order valence-corrected chi connectivity index (χ4v) is 2.89. The molecule has 23 heavy (non-hydrogen) atoms. The SMILES string of the molecule is CC(=O)N1CCCN(Cc2ncc(-c3ccc(Cl)cc3)o2)CC1. The van der Waals surface area contributed by atoms with Crippen molar-refractivity contribution < 1.29 is 9.21 Å². The number of benzene rings is 1. The first-order valence-corrected chi connectivity index (χ1v) is 8.18. The molecule has 6 heteroatoms. The van der Waals surface area contributed by atoms with E-state index in [4.69, 9.17) is 16.0 Å². The van der Waals surface area contributed by atoms with Gasteiger partial charge in [-0.05, 0) is 30.7 Å². The maximum Gasteiger partial charge on any atom is 0.219 e. The summed E-state index contributed by atoms with van der Waals surface area (Å²) >= 11 is 5.90. The lowest BCUT2D eigenvalue weighted by atomic mass is 10.2. The van der Waals surface area contributed by atoms with Crippen molar-refractivity contribution in [2.45, 2.75) is 19.9 Å². The van der Waals surface area contributed by atoms with E-state index in [2.05, 4.69) is 9.88 Å². The van der Waals surface area contributed by atoms with Gasteiger partial charge in [-0.15, -0.1) is 0 Å². The highest BCUT2D eigenvalue weighted by Gasteiger charge is 2.18. The maximum absolute atomic E-state index is 11.5. The zero-order valence-corrected chi connectivity index (χ0v) is 13.9. The Balaban J connectivity index is 1.62. The summed E-state index contributed by atoms with van der Waals surface area (Å²) in [6, 6.07) is 7.51. The van der Waals surface area contributed by atoms with Crippen LogP contribution in [0.5, 0.6) is 0 Å². The molecule has 1 aliphatic heterocycles. The van der Waals surface area contributed by atoms with E-state index in [-0.39, 0.29) is 5.91 Å². The molecule has 5 nitrogen and oxygen atoms in total. The number of carbonyl (C=O) groups is 1. The largest absolute Gasteiger partial charge is 0.439 e. The Hall–Kier alpha value is -1.85. The fraction of sp³-hybridized carbons (Fsp3) is 0.412. The first-order chi connectivity index (χ1) is 11.1. The molecule has 0 spiro atoms. The third kappa shape index (κ3) is 4.12. The normalized spacial score (nSPS) is 16.3. The molecule has 122 valence electrons. The van der Waals surface area contributed by atoms with Crippen LogP contribution < -0.4 is 0 Å². The molecule has 0 aliphatic carbocycles. The lowest BCUT2D eigenvalue weighted by Crippen LogP contribution is -2.33. The third-order valence-corrected chi connectivity index (χ3v) is 4.33. The summed E-state index contributed by atoms with van der Waals surface area (Å²) in [6.45, 7) is 5.68. The Bertz CT molecular complexity index is 669. The van der Waals surface area contributed by atoms with Crippen molar-refractivity contribution in [2.24, 2.45) is 0 Å². The van der Waals surface area contributed by atoms with E-state index >= 15 is 0 Å². The first kappa shape index (κ1) is 16.0. The van der Waals surface area contributed by atoms with Gasteiger partial charge in [0.1, 0.15) is 0 Å². The summed E-state index contributed by atoms with van der Waals surface area (Å²) in [5.41, 5.74) is 0.965. The fourth-order valence-electron chi connectivity index (χ4n) is 2.77. The summed E-state index contributed by atoms with van der Waals surface area (Å²) in [4.78, 5) is 20.0. The number of hydrogen-bond acceptors (Lipinski definition) is 4. The van der Waals surface area contributed by atoms with E-state index in [0.29, 0.717) is 17.5 Å². The summed E-state index contributed by atoms with van der Waals surface area (Å²) in [7, 11) is 0. The highest BCUT2D eigenvalue weighted by molar-refractivity contribution is 6.30. The molecule has 2 heterocycles. The van der Waals surface area contributed by atoms with Gasteiger partial charge in [0.2, 0.25) is 11.8 Å². The highest BCUT2D eigenvalue weighted by Crippen LogP contribution is 2.23. The molecule has 0 atom stereocenters. The minimum absolute atomic E-state index is 0.146. The molecule has 1 amide bonds. The van der Waals surface area contributed by atoms with Crippen molar-refractivity contribution in [3.63, 3.8) is 0 Å². The number of rotatable bonds is 3. The lowest BCUT2D eigenvalue weighted by Gasteiger charge is -2.19. The Kier molecular flexibility index (Phi) is 4.98. The lowest BCUT2D eigenvalue weighted by molar-refractivity contribution is -0.128. The van der Waals surface area contributed by atoms with Crippen LogP contribution in [0, 0.1) is 0 Å². The molecule has 0 radical (unpaired) electrons. The summed E-state index contributed by atoms with van der Waals surface area (Å²) in [5, 5.41) is 0.702. The molecule has 3 rings (SSSR count). The minimum Gasteiger partial charge on any atom is -0.439 e. The van der Waals surface area contributed by atoms with Crippen LogP contribution in [0.2, 0.25) is 5.02 Å². The smallest absolute Gasteiger partial charge is 0.219 e. The van der Waals surface area contributed by atoms with Crippen LogP contribution in [0.1, 0.15) is 19.2 Å². The molecule has 0 N–H and O–H groups in total. The minimum atomic E-state index is 0.146. The highest BCUT2D eigenvalue weighted by atomic mass is 35.5. The standard InChI is InChI=1S/C17H20ClN3O2/c1-13(22)21-8-2-7-20(9-10-21)12-17-19-11-16(23-17)14-3-5-15(18)6-4-14/h3-6,11H,2,7-10,12H2,1H3. The molecule has 1 saturated heterocycles. The van der Waals surface area contributed by atoms with Gasteiger partial charge in [-0.2, -0.15) is 0 Å². The quantitative estimate of drug-likeness (QED) is 0.866. The van der Waals surface area contributed by atoms with Gasteiger partial charge in [0, 0.05) is 43.7 Å². The zero-order chi connectivity index (χ0) is 16.2. The number of halogens is 1. The molecule has 0 bridgehead atoms. The van der Waals surface area contributed by atoms with Crippen LogP contribution in [-0.4, -0.2) is 46.9 Å². The molecule has 2 aromatic rings. The Morgan fingerprint density at radius 1 is 1.22 bits per heavy atom. The predicted molar refractivity (Wildman–Crippen MR) is 89.1 cm³/mol. The number of aromatic nitrogens is 1. The van der Waals surface area contributed by atoms with Gasteiger partial charge in [0.05, 0.1) is 12.7 Å². The van der Waals surface area contributed by atoms with Crippen molar-refractivity contribution in [1.29, 1.82) is 0 Å². The van der Waals surface area contributed by atoms with Crippen molar-refractivity contribution >= 4 is 17.5 Å². The van der Waals surface area contributed by atoms with Crippen LogP contribution in [0.4, 0.5) is 0 Å². The van der Waals surface area contributed by atoms with E-state index in [9.17, 15) is 4.79 Å². The number of oxazole rings is 1. The molecule has 1 aromatic carbocycles. The summed E-state index contributed by atoms with van der Waals surface area (Å²) in [6.07, 6.45) is 2.72. The first-order valence-electron chi connectivity index (χ1n) is 7.80. The molecule has 1 aromatic heterocycles. The average molecular weight is 334 g/mol. The van der Waals surface area contributed by atoms with Crippen LogP contribution in [-0.2, 0) is 11.3 Å². The van der Waals surface area contributed by atoms with Gasteiger partial charge in [-0.25, -0.2) is 4.98 Å². The van der Waals surface area contributed by atoms with Crippen LogP contribution in [0.15, 0.2) is 34.9 Å². The topological polar surface area (TPSA) is 49.6 Å².